The number of hydrogen-bond donors (Lipinski definition) is 2. The van der Waals surface area contributed by atoms with Crippen molar-refractivity contribution in [1.29, 1.82) is 0 Å². The molecule has 2 N–H and O–H groups in total. The van der Waals surface area contributed by atoms with Gasteiger partial charge in [-0.1, -0.05) is 18.2 Å². The smallest absolute Gasteiger partial charge is 0.356 e. The molecule has 0 bridgehead atoms. The third-order valence-corrected chi connectivity index (χ3v) is 4.55. The van der Waals surface area contributed by atoms with Crippen molar-refractivity contribution in [2.75, 3.05) is 10.2 Å². The van der Waals surface area contributed by atoms with E-state index in [1.807, 2.05) is 0 Å². The molecule has 0 saturated carbocycles. The molecule has 3 amide bonds. The first-order valence-electron chi connectivity index (χ1n) is 8.53. The number of carboxylic acids is 1. The molecule has 9 heteroatoms. The van der Waals surface area contributed by atoms with Crippen LogP contribution in [-0.4, -0.2) is 38.6 Å². The van der Waals surface area contributed by atoms with Crippen LogP contribution < -0.4 is 10.2 Å². The Morgan fingerprint density at radius 3 is 2.28 bits per heavy atom. The van der Waals surface area contributed by atoms with Gasteiger partial charge < -0.3 is 10.4 Å². The van der Waals surface area contributed by atoms with Gasteiger partial charge in [-0.05, 0) is 30.3 Å². The van der Waals surface area contributed by atoms with Crippen molar-refractivity contribution in [2.45, 2.75) is 0 Å². The van der Waals surface area contributed by atoms with Gasteiger partial charge in [0.05, 0.1) is 28.7 Å². The molecule has 1 aliphatic heterocycles. The summed E-state index contributed by atoms with van der Waals surface area (Å²) < 4.78 is 1.13. The topological polar surface area (TPSA) is 122 Å². The highest BCUT2D eigenvalue weighted by Gasteiger charge is 2.36. The van der Waals surface area contributed by atoms with Gasteiger partial charge in [0, 0.05) is 12.6 Å². The summed E-state index contributed by atoms with van der Waals surface area (Å²) in [5, 5.41) is 15.6. The Labute approximate surface area is 164 Å². The zero-order chi connectivity index (χ0) is 20.7. The molecule has 0 saturated heterocycles. The SMILES string of the molecule is Cn1ncc(NC(=O)c2cccc(N3C(=O)c4ccccc4C3=O)c2)c1C(=O)O. The largest absolute Gasteiger partial charge is 0.476 e. The zero-order valence-electron chi connectivity index (χ0n) is 15.1. The Balaban J connectivity index is 1.64. The molecule has 0 unspecified atom stereocenters. The second kappa shape index (κ2) is 6.71. The van der Waals surface area contributed by atoms with E-state index in [1.165, 1.54) is 31.4 Å². The highest BCUT2D eigenvalue weighted by atomic mass is 16.4. The summed E-state index contributed by atoms with van der Waals surface area (Å²) in [7, 11) is 1.45. The van der Waals surface area contributed by atoms with E-state index in [2.05, 4.69) is 10.4 Å². The van der Waals surface area contributed by atoms with Crippen LogP contribution in [0.3, 0.4) is 0 Å². The van der Waals surface area contributed by atoms with Crippen LogP contribution in [-0.2, 0) is 7.05 Å². The van der Waals surface area contributed by atoms with Crippen LogP contribution in [0.4, 0.5) is 11.4 Å². The van der Waals surface area contributed by atoms with Gasteiger partial charge in [0.15, 0.2) is 5.69 Å². The van der Waals surface area contributed by atoms with Gasteiger partial charge in [0.1, 0.15) is 0 Å². The number of amides is 3. The monoisotopic (exact) mass is 390 g/mol. The highest BCUT2D eigenvalue weighted by Crippen LogP contribution is 2.29. The molecular formula is C20H14N4O5. The number of nitrogens with one attached hydrogen (secondary N) is 1. The Hall–Kier alpha value is -4.27. The van der Waals surface area contributed by atoms with E-state index >= 15 is 0 Å². The summed E-state index contributed by atoms with van der Waals surface area (Å²) in [4.78, 5) is 50.2. The Bertz CT molecular complexity index is 1160. The molecule has 4 rings (SSSR count). The highest BCUT2D eigenvalue weighted by molar-refractivity contribution is 6.34. The lowest BCUT2D eigenvalue weighted by Crippen LogP contribution is -2.29. The first kappa shape index (κ1) is 18.1. The Morgan fingerprint density at radius 1 is 1.00 bits per heavy atom. The van der Waals surface area contributed by atoms with Crippen molar-refractivity contribution in [3.63, 3.8) is 0 Å². The number of aromatic carboxylic acids is 1. The number of nitrogens with zero attached hydrogens (tertiary/aromatic N) is 3. The lowest BCUT2D eigenvalue weighted by Gasteiger charge is -2.15. The van der Waals surface area contributed by atoms with E-state index in [-0.39, 0.29) is 22.6 Å². The molecule has 29 heavy (non-hydrogen) atoms. The molecule has 9 nitrogen and oxygen atoms in total. The van der Waals surface area contributed by atoms with Crippen LogP contribution in [0.2, 0.25) is 0 Å². The number of imide groups is 1. The third kappa shape index (κ3) is 2.94. The molecule has 3 aromatic rings. The molecule has 0 fully saturated rings. The molecule has 0 aliphatic carbocycles. The maximum atomic E-state index is 12.6. The summed E-state index contributed by atoms with van der Waals surface area (Å²) in [5.74, 6) is -2.77. The van der Waals surface area contributed by atoms with E-state index in [9.17, 15) is 24.3 Å². The summed E-state index contributed by atoms with van der Waals surface area (Å²) in [5.41, 5.74) is 0.862. The second-order valence-electron chi connectivity index (χ2n) is 6.33. The van der Waals surface area contributed by atoms with Gasteiger partial charge in [-0.3, -0.25) is 19.1 Å². The van der Waals surface area contributed by atoms with E-state index in [0.717, 1.165) is 9.58 Å². The van der Waals surface area contributed by atoms with Crippen LogP contribution in [0.1, 0.15) is 41.6 Å². The number of rotatable bonds is 4. The predicted molar refractivity (Wildman–Crippen MR) is 102 cm³/mol. The minimum Gasteiger partial charge on any atom is -0.476 e. The summed E-state index contributed by atoms with van der Waals surface area (Å²) in [6.07, 6.45) is 1.23. The number of carboxylic acid groups (broad SMARTS) is 1. The lowest BCUT2D eigenvalue weighted by molar-refractivity contribution is 0.0685. The minimum absolute atomic E-state index is 0.0381. The fraction of sp³-hybridized carbons (Fsp3) is 0.0500. The maximum absolute atomic E-state index is 12.6. The van der Waals surface area contributed by atoms with E-state index in [0.29, 0.717) is 11.1 Å². The third-order valence-electron chi connectivity index (χ3n) is 4.55. The number of fused-ring (bicyclic) bond motifs is 1. The standard InChI is InChI=1S/C20H14N4O5/c1-23-16(20(28)29)15(10-21-23)22-17(25)11-5-4-6-12(9-11)24-18(26)13-7-2-3-8-14(13)19(24)27/h2-10H,1H3,(H,22,25)(H,28,29). The molecule has 144 valence electrons. The average molecular weight is 390 g/mol. The number of benzene rings is 2. The fourth-order valence-electron chi connectivity index (χ4n) is 3.19. The van der Waals surface area contributed by atoms with Crippen LogP contribution in [0, 0.1) is 0 Å². The predicted octanol–water partition coefficient (Wildman–Crippen LogP) is 2.17. The first-order chi connectivity index (χ1) is 13.9. The van der Waals surface area contributed by atoms with Gasteiger partial charge in [-0.15, -0.1) is 0 Å². The molecule has 2 heterocycles. The van der Waals surface area contributed by atoms with Crippen molar-refractivity contribution in [1.82, 2.24) is 9.78 Å². The second-order valence-corrected chi connectivity index (χ2v) is 6.33. The maximum Gasteiger partial charge on any atom is 0.356 e. The molecule has 1 aromatic heterocycles. The number of aromatic nitrogens is 2. The molecule has 0 atom stereocenters. The molecule has 2 aromatic carbocycles. The van der Waals surface area contributed by atoms with E-state index < -0.39 is 23.7 Å². The molecule has 1 aliphatic rings. The molecule has 0 spiro atoms. The molecular weight excluding hydrogens is 376 g/mol. The van der Waals surface area contributed by atoms with Crippen LogP contribution in [0.15, 0.2) is 54.7 Å². The van der Waals surface area contributed by atoms with Gasteiger partial charge in [0.25, 0.3) is 17.7 Å². The number of carbonyl (C=O) groups excluding carboxylic acids is 3. The normalized spacial score (nSPS) is 12.8. The van der Waals surface area contributed by atoms with Crippen molar-refractivity contribution >= 4 is 35.1 Å². The number of anilines is 2. The van der Waals surface area contributed by atoms with Gasteiger partial charge in [-0.2, -0.15) is 5.10 Å². The van der Waals surface area contributed by atoms with Gasteiger partial charge in [-0.25, -0.2) is 9.69 Å². The van der Waals surface area contributed by atoms with Crippen molar-refractivity contribution < 1.29 is 24.3 Å². The summed E-state index contributed by atoms with van der Waals surface area (Å²) in [6, 6.07) is 12.5. The minimum atomic E-state index is -1.24. The summed E-state index contributed by atoms with van der Waals surface area (Å²) >= 11 is 0. The number of carbonyl (C=O) groups is 4. The van der Waals surface area contributed by atoms with Gasteiger partial charge >= 0.3 is 5.97 Å². The zero-order valence-corrected chi connectivity index (χ0v) is 15.1. The van der Waals surface area contributed by atoms with Crippen LogP contribution in [0.5, 0.6) is 0 Å². The van der Waals surface area contributed by atoms with Crippen molar-refractivity contribution in [3.8, 4) is 0 Å². The van der Waals surface area contributed by atoms with Crippen LogP contribution >= 0.6 is 0 Å². The average Bonchev–Trinajstić information content (AvgIpc) is 3.19. The Morgan fingerprint density at radius 2 is 1.66 bits per heavy atom. The summed E-state index contributed by atoms with van der Waals surface area (Å²) in [6.45, 7) is 0. The van der Waals surface area contributed by atoms with Crippen molar-refractivity contribution in [2.24, 2.45) is 7.05 Å². The number of hydrogen-bond acceptors (Lipinski definition) is 5. The quantitative estimate of drug-likeness (QED) is 0.659. The van der Waals surface area contributed by atoms with Crippen molar-refractivity contribution in [3.05, 3.63) is 77.1 Å². The first-order valence-corrected chi connectivity index (χ1v) is 8.53. The Kier molecular flexibility index (Phi) is 4.19. The van der Waals surface area contributed by atoms with Gasteiger partial charge in [0.2, 0.25) is 0 Å². The van der Waals surface area contributed by atoms with E-state index in [4.69, 9.17) is 0 Å². The van der Waals surface area contributed by atoms with Crippen LogP contribution in [0.25, 0.3) is 0 Å². The van der Waals surface area contributed by atoms with E-state index in [1.54, 1.807) is 30.3 Å². The fourth-order valence-corrected chi connectivity index (χ4v) is 3.19. The molecule has 0 radical (unpaired) electrons. The lowest BCUT2D eigenvalue weighted by atomic mass is 10.1. The number of aryl methyl sites for hydroxylation is 1.